The average molecular weight is 295 g/mol. The van der Waals surface area contributed by atoms with Crippen molar-refractivity contribution in [2.75, 3.05) is 14.2 Å². The van der Waals surface area contributed by atoms with Crippen molar-refractivity contribution in [1.29, 1.82) is 0 Å². The second kappa shape index (κ2) is 5.26. The fourth-order valence-electron chi connectivity index (χ4n) is 2.82. The summed E-state index contributed by atoms with van der Waals surface area (Å²) in [6.45, 7) is 1.96. The number of aromatic nitrogens is 2. The number of hydrogen-bond donors (Lipinski definition) is 0. The normalized spacial score (nSPS) is 23.6. The number of benzene rings is 1. The van der Waals surface area contributed by atoms with Crippen LogP contribution in [0.5, 0.6) is 5.75 Å². The maximum Gasteiger partial charge on any atom is 0.127 e. The molecule has 0 N–H and O–H groups in total. The molecule has 1 aromatic heterocycles. The van der Waals surface area contributed by atoms with Crippen molar-refractivity contribution in [3.05, 3.63) is 24.0 Å². The van der Waals surface area contributed by atoms with Crippen LogP contribution < -0.4 is 4.74 Å². The molecular weight excluding hydrogens is 276 g/mol. The van der Waals surface area contributed by atoms with E-state index < -0.39 is 0 Å². The lowest BCUT2D eigenvalue weighted by Gasteiger charge is -2.36. The number of nitrogens with zero attached hydrogens (tertiary/aromatic N) is 2. The van der Waals surface area contributed by atoms with Crippen molar-refractivity contribution in [2.45, 2.75) is 37.3 Å². The Morgan fingerprint density at radius 3 is 2.70 bits per heavy atom. The Hall–Kier alpha value is -1.26. The minimum absolute atomic E-state index is 0.116. The maximum atomic E-state index is 6.30. The molecule has 0 bridgehead atoms. The molecule has 5 heteroatoms. The van der Waals surface area contributed by atoms with Gasteiger partial charge in [-0.15, -0.1) is 11.6 Å². The van der Waals surface area contributed by atoms with E-state index in [1.165, 1.54) is 0 Å². The first kappa shape index (κ1) is 13.7. The largest absolute Gasteiger partial charge is 0.497 e. The Kier molecular flexibility index (Phi) is 3.61. The molecule has 1 aliphatic carbocycles. The third-order valence-electron chi connectivity index (χ3n) is 4.05. The van der Waals surface area contributed by atoms with E-state index in [0.29, 0.717) is 12.1 Å². The molecule has 1 aromatic carbocycles. The molecule has 0 saturated heterocycles. The lowest BCUT2D eigenvalue weighted by Crippen LogP contribution is -2.33. The second-order valence-corrected chi connectivity index (χ2v) is 5.95. The van der Waals surface area contributed by atoms with Gasteiger partial charge in [0, 0.05) is 19.2 Å². The highest BCUT2D eigenvalue weighted by Crippen LogP contribution is 2.40. The number of fused-ring (bicyclic) bond motifs is 1. The molecule has 4 nitrogen and oxygen atoms in total. The van der Waals surface area contributed by atoms with Gasteiger partial charge >= 0.3 is 0 Å². The standard InChI is InChI=1S/C15H19ClN2O2/c1-9(16)15-17-13-5-4-11(19-2)8-14(13)18(15)10-6-12(7-10)20-3/h4-5,8-10,12H,6-7H2,1-3H3. The number of halogens is 1. The molecule has 0 spiro atoms. The van der Waals surface area contributed by atoms with E-state index in [1.54, 1.807) is 14.2 Å². The lowest BCUT2D eigenvalue weighted by atomic mass is 9.88. The summed E-state index contributed by atoms with van der Waals surface area (Å²) >= 11 is 6.30. The van der Waals surface area contributed by atoms with Crippen LogP contribution in [0, 0.1) is 0 Å². The summed E-state index contributed by atoms with van der Waals surface area (Å²) < 4.78 is 13.0. The molecular formula is C15H19ClN2O2. The van der Waals surface area contributed by atoms with Crippen LogP contribution >= 0.6 is 11.6 Å². The van der Waals surface area contributed by atoms with E-state index in [4.69, 9.17) is 21.1 Å². The van der Waals surface area contributed by atoms with Gasteiger partial charge in [0.25, 0.3) is 0 Å². The van der Waals surface area contributed by atoms with Gasteiger partial charge in [-0.2, -0.15) is 0 Å². The highest BCUT2D eigenvalue weighted by atomic mass is 35.5. The maximum absolute atomic E-state index is 6.30. The van der Waals surface area contributed by atoms with Crippen molar-refractivity contribution in [1.82, 2.24) is 9.55 Å². The van der Waals surface area contributed by atoms with E-state index in [9.17, 15) is 0 Å². The van der Waals surface area contributed by atoms with Crippen molar-refractivity contribution in [2.24, 2.45) is 0 Å². The fourth-order valence-corrected chi connectivity index (χ4v) is 2.98. The Balaban J connectivity index is 2.08. The average Bonchev–Trinajstić information content (AvgIpc) is 2.76. The SMILES string of the molecule is COc1ccc2nc(C(C)Cl)n(C3CC(OC)C3)c2c1. The van der Waals surface area contributed by atoms with Gasteiger partial charge in [-0.05, 0) is 31.9 Å². The Labute approximate surface area is 123 Å². The van der Waals surface area contributed by atoms with Gasteiger partial charge in [0.05, 0.1) is 29.6 Å². The van der Waals surface area contributed by atoms with Crippen LogP contribution in [0.3, 0.4) is 0 Å². The lowest BCUT2D eigenvalue weighted by molar-refractivity contribution is 0.00657. The third-order valence-corrected chi connectivity index (χ3v) is 4.24. The summed E-state index contributed by atoms with van der Waals surface area (Å²) in [6.07, 6.45) is 2.37. The Bertz CT molecular complexity index is 618. The van der Waals surface area contributed by atoms with Gasteiger partial charge in [-0.25, -0.2) is 4.98 Å². The monoisotopic (exact) mass is 294 g/mol. The summed E-state index contributed by atoms with van der Waals surface area (Å²) in [5.41, 5.74) is 2.06. The molecule has 1 saturated carbocycles. The predicted octanol–water partition coefficient (Wildman–Crippen LogP) is 3.69. The topological polar surface area (TPSA) is 36.3 Å². The minimum atomic E-state index is -0.116. The zero-order valence-corrected chi connectivity index (χ0v) is 12.7. The zero-order chi connectivity index (χ0) is 14.3. The molecule has 0 aliphatic heterocycles. The van der Waals surface area contributed by atoms with E-state index in [0.717, 1.165) is 35.4 Å². The van der Waals surface area contributed by atoms with Gasteiger partial charge in [0.15, 0.2) is 0 Å². The molecule has 1 atom stereocenters. The van der Waals surface area contributed by atoms with Crippen molar-refractivity contribution in [3.63, 3.8) is 0 Å². The van der Waals surface area contributed by atoms with Crippen molar-refractivity contribution >= 4 is 22.6 Å². The van der Waals surface area contributed by atoms with Crippen LogP contribution in [-0.4, -0.2) is 29.9 Å². The molecule has 0 amide bonds. The van der Waals surface area contributed by atoms with Gasteiger partial charge in [0.1, 0.15) is 11.6 Å². The molecule has 1 unspecified atom stereocenters. The van der Waals surface area contributed by atoms with Crippen LogP contribution in [0.1, 0.15) is 37.0 Å². The Morgan fingerprint density at radius 2 is 2.10 bits per heavy atom. The van der Waals surface area contributed by atoms with Gasteiger partial charge < -0.3 is 14.0 Å². The molecule has 1 heterocycles. The number of hydrogen-bond acceptors (Lipinski definition) is 3. The fraction of sp³-hybridized carbons (Fsp3) is 0.533. The van der Waals surface area contributed by atoms with Crippen molar-refractivity contribution in [3.8, 4) is 5.75 Å². The Morgan fingerprint density at radius 1 is 1.35 bits per heavy atom. The summed E-state index contributed by atoms with van der Waals surface area (Å²) in [5.74, 6) is 1.77. The van der Waals surface area contributed by atoms with E-state index in [1.807, 2.05) is 25.1 Å². The molecule has 1 fully saturated rings. The third kappa shape index (κ3) is 2.17. The number of methoxy groups -OCH3 is 2. The first-order valence-electron chi connectivity index (χ1n) is 6.86. The van der Waals surface area contributed by atoms with Crippen LogP contribution in [0.2, 0.25) is 0 Å². The molecule has 0 radical (unpaired) electrons. The number of rotatable bonds is 4. The second-order valence-electron chi connectivity index (χ2n) is 5.29. The van der Waals surface area contributed by atoms with E-state index in [-0.39, 0.29) is 5.38 Å². The number of imidazole rings is 1. The summed E-state index contributed by atoms with van der Waals surface area (Å²) in [6, 6.07) is 6.36. The van der Waals surface area contributed by atoms with Crippen LogP contribution in [-0.2, 0) is 4.74 Å². The minimum Gasteiger partial charge on any atom is -0.497 e. The quantitative estimate of drug-likeness (QED) is 0.807. The van der Waals surface area contributed by atoms with Crippen LogP contribution in [0.4, 0.5) is 0 Å². The van der Waals surface area contributed by atoms with Gasteiger partial charge in [0.2, 0.25) is 0 Å². The van der Waals surface area contributed by atoms with Gasteiger partial charge in [-0.3, -0.25) is 0 Å². The first-order valence-corrected chi connectivity index (χ1v) is 7.30. The molecule has 1 aliphatic rings. The molecule has 2 aromatic rings. The summed E-state index contributed by atoms with van der Waals surface area (Å²) in [7, 11) is 3.44. The first-order chi connectivity index (χ1) is 9.63. The molecule has 108 valence electrons. The number of alkyl halides is 1. The highest BCUT2D eigenvalue weighted by Gasteiger charge is 2.33. The smallest absolute Gasteiger partial charge is 0.127 e. The van der Waals surface area contributed by atoms with Crippen LogP contribution in [0.15, 0.2) is 18.2 Å². The molecule has 3 rings (SSSR count). The molecule has 20 heavy (non-hydrogen) atoms. The number of ether oxygens (including phenoxy) is 2. The van der Waals surface area contributed by atoms with E-state index >= 15 is 0 Å². The summed E-state index contributed by atoms with van der Waals surface area (Å²) in [4.78, 5) is 4.68. The van der Waals surface area contributed by atoms with Crippen LogP contribution in [0.25, 0.3) is 11.0 Å². The summed E-state index contributed by atoms with van der Waals surface area (Å²) in [5, 5.41) is -0.116. The highest BCUT2D eigenvalue weighted by molar-refractivity contribution is 6.20. The van der Waals surface area contributed by atoms with E-state index in [2.05, 4.69) is 9.55 Å². The van der Waals surface area contributed by atoms with Gasteiger partial charge in [-0.1, -0.05) is 0 Å². The zero-order valence-electron chi connectivity index (χ0n) is 12.0. The predicted molar refractivity (Wildman–Crippen MR) is 79.6 cm³/mol. The van der Waals surface area contributed by atoms with Crippen molar-refractivity contribution < 1.29 is 9.47 Å².